The van der Waals surface area contributed by atoms with Gasteiger partial charge < -0.3 is 10.2 Å². The fourth-order valence-electron chi connectivity index (χ4n) is 6.61. The average Bonchev–Trinajstić information content (AvgIpc) is 3.19. The molecule has 0 heterocycles. The smallest absolute Gasteiger partial charge is 0.321 e. The monoisotopic (exact) mass is 292 g/mol. The summed E-state index contributed by atoms with van der Waals surface area (Å²) in [7, 11) is 0. The lowest BCUT2D eigenvalue weighted by Gasteiger charge is -2.43. The van der Waals surface area contributed by atoms with E-state index in [1.54, 1.807) is 0 Å². The van der Waals surface area contributed by atoms with Crippen LogP contribution in [0.3, 0.4) is 0 Å². The minimum absolute atomic E-state index is 0.129. The summed E-state index contributed by atoms with van der Waals surface area (Å²) in [6.45, 7) is 0. The van der Waals surface area contributed by atoms with Crippen LogP contribution in [0.15, 0.2) is 0 Å². The van der Waals surface area contributed by atoms with Crippen LogP contribution in [0.2, 0.25) is 0 Å². The van der Waals surface area contributed by atoms with Crippen molar-refractivity contribution < 1.29 is 19.8 Å². The molecular formula is C17H24O4. The molecule has 4 aliphatic rings. The molecule has 0 aromatic heterocycles. The summed E-state index contributed by atoms with van der Waals surface area (Å²) in [5.41, 5.74) is -1.50. The molecule has 4 bridgehead atoms. The van der Waals surface area contributed by atoms with Crippen molar-refractivity contribution in [3.05, 3.63) is 0 Å². The average molecular weight is 292 g/mol. The normalized spacial score (nSPS) is 44.4. The fraction of sp³-hybridized carbons (Fsp3) is 0.882. The largest absolute Gasteiger partial charge is 0.480 e. The third-order valence-electron chi connectivity index (χ3n) is 7.35. The zero-order valence-corrected chi connectivity index (χ0v) is 12.3. The summed E-state index contributed by atoms with van der Waals surface area (Å²) in [6, 6.07) is 0. The highest BCUT2D eigenvalue weighted by atomic mass is 16.4. The number of carbonyl (C=O) groups is 2. The second-order valence-electron chi connectivity index (χ2n) is 8.04. The van der Waals surface area contributed by atoms with Gasteiger partial charge in [0.15, 0.2) is 5.41 Å². The highest BCUT2D eigenvalue weighted by Crippen LogP contribution is 2.63. The van der Waals surface area contributed by atoms with Crippen molar-refractivity contribution in [2.75, 3.05) is 0 Å². The van der Waals surface area contributed by atoms with E-state index in [0.29, 0.717) is 23.7 Å². The first-order chi connectivity index (χ1) is 10.0. The maximum Gasteiger partial charge on any atom is 0.321 e. The Bertz CT molecular complexity index is 441. The Morgan fingerprint density at radius 1 is 0.714 bits per heavy atom. The summed E-state index contributed by atoms with van der Waals surface area (Å²) in [4.78, 5) is 24.4. The van der Waals surface area contributed by atoms with Crippen LogP contribution in [0.1, 0.15) is 51.4 Å². The van der Waals surface area contributed by atoms with Crippen LogP contribution in [0.25, 0.3) is 0 Å². The zero-order chi connectivity index (χ0) is 14.8. The standard InChI is InChI=1S/C17H24O4/c18-15(19)17(16(20)21,13-7-9-1-3-11(13)5-9)14-8-10-2-4-12(14)6-10/h9-14H,1-8H2,(H,18,19)(H,20,21). The molecule has 0 aromatic carbocycles. The van der Waals surface area contributed by atoms with Gasteiger partial charge in [-0.15, -0.1) is 0 Å². The molecule has 0 radical (unpaired) electrons. The zero-order valence-electron chi connectivity index (χ0n) is 12.3. The quantitative estimate of drug-likeness (QED) is 0.781. The van der Waals surface area contributed by atoms with Gasteiger partial charge in [0.2, 0.25) is 0 Å². The van der Waals surface area contributed by atoms with E-state index in [9.17, 15) is 19.8 Å². The summed E-state index contributed by atoms with van der Waals surface area (Å²) < 4.78 is 0. The van der Waals surface area contributed by atoms with Crippen molar-refractivity contribution in [2.45, 2.75) is 51.4 Å². The van der Waals surface area contributed by atoms with Gasteiger partial charge in [-0.3, -0.25) is 9.59 Å². The van der Waals surface area contributed by atoms with Crippen molar-refractivity contribution in [3.63, 3.8) is 0 Å². The van der Waals surface area contributed by atoms with Gasteiger partial charge in [-0.25, -0.2) is 0 Å². The molecule has 0 aliphatic heterocycles. The van der Waals surface area contributed by atoms with Crippen LogP contribution in [-0.2, 0) is 9.59 Å². The number of fused-ring (bicyclic) bond motifs is 4. The van der Waals surface area contributed by atoms with Crippen molar-refractivity contribution in [1.82, 2.24) is 0 Å². The van der Waals surface area contributed by atoms with E-state index in [-0.39, 0.29) is 11.8 Å². The predicted molar refractivity (Wildman–Crippen MR) is 75.6 cm³/mol. The maximum absolute atomic E-state index is 12.2. The molecule has 0 aromatic rings. The molecule has 4 saturated carbocycles. The molecule has 0 spiro atoms. The molecule has 116 valence electrons. The molecular weight excluding hydrogens is 268 g/mol. The van der Waals surface area contributed by atoms with E-state index in [1.807, 2.05) is 0 Å². The molecule has 21 heavy (non-hydrogen) atoms. The fourth-order valence-corrected chi connectivity index (χ4v) is 6.61. The third kappa shape index (κ3) is 1.68. The van der Waals surface area contributed by atoms with Crippen LogP contribution < -0.4 is 0 Å². The molecule has 6 unspecified atom stereocenters. The van der Waals surface area contributed by atoms with Crippen LogP contribution >= 0.6 is 0 Å². The van der Waals surface area contributed by atoms with Gasteiger partial charge >= 0.3 is 11.9 Å². The van der Waals surface area contributed by atoms with Crippen LogP contribution in [0.4, 0.5) is 0 Å². The van der Waals surface area contributed by atoms with Crippen LogP contribution in [-0.4, -0.2) is 22.2 Å². The van der Waals surface area contributed by atoms with E-state index in [0.717, 1.165) is 38.5 Å². The van der Waals surface area contributed by atoms with Gasteiger partial charge in [0, 0.05) is 0 Å². The van der Waals surface area contributed by atoms with Crippen molar-refractivity contribution in [3.8, 4) is 0 Å². The summed E-state index contributed by atoms with van der Waals surface area (Å²) in [6.07, 6.45) is 8.22. The molecule has 0 saturated heterocycles. The molecule has 4 rings (SSSR count). The molecule has 0 amide bonds. The summed E-state index contributed by atoms with van der Waals surface area (Å²) in [5, 5.41) is 20.0. The van der Waals surface area contributed by atoms with Crippen molar-refractivity contribution in [1.29, 1.82) is 0 Å². The minimum Gasteiger partial charge on any atom is -0.480 e. The third-order valence-corrected chi connectivity index (χ3v) is 7.35. The van der Waals surface area contributed by atoms with Gasteiger partial charge in [-0.1, -0.05) is 12.8 Å². The number of hydrogen-bond acceptors (Lipinski definition) is 2. The number of carboxylic acids is 2. The number of hydrogen-bond donors (Lipinski definition) is 2. The van der Waals surface area contributed by atoms with Crippen LogP contribution in [0, 0.1) is 40.9 Å². The Balaban J connectivity index is 1.75. The lowest BCUT2D eigenvalue weighted by atomic mass is 9.57. The second-order valence-corrected chi connectivity index (χ2v) is 8.04. The van der Waals surface area contributed by atoms with E-state index < -0.39 is 17.4 Å². The second kappa shape index (κ2) is 4.47. The number of carboxylic acid groups (broad SMARTS) is 2. The minimum atomic E-state index is -1.50. The van der Waals surface area contributed by atoms with Gasteiger partial charge in [-0.2, -0.15) is 0 Å². The molecule has 4 heteroatoms. The lowest BCUT2D eigenvalue weighted by Crippen LogP contribution is -2.54. The predicted octanol–water partition coefficient (Wildman–Crippen LogP) is 3.01. The first-order valence-electron chi connectivity index (χ1n) is 8.50. The summed E-state index contributed by atoms with van der Waals surface area (Å²) in [5.74, 6) is -0.530. The van der Waals surface area contributed by atoms with Gasteiger partial charge in [0.05, 0.1) is 0 Å². The molecule has 4 aliphatic carbocycles. The van der Waals surface area contributed by atoms with E-state index >= 15 is 0 Å². The van der Waals surface area contributed by atoms with E-state index in [4.69, 9.17) is 0 Å². The lowest BCUT2D eigenvalue weighted by molar-refractivity contribution is -0.179. The van der Waals surface area contributed by atoms with Crippen molar-refractivity contribution in [2.24, 2.45) is 40.9 Å². The molecule has 4 fully saturated rings. The van der Waals surface area contributed by atoms with E-state index in [1.165, 1.54) is 12.8 Å². The Morgan fingerprint density at radius 3 is 1.38 bits per heavy atom. The molecule has 6 atom stereocenters. The highest BCUT2D eigenvalue weighted by Gasteiger charge is 2.66. The Labute approximate surface area is 124 Å². The first kappa shape index (κ1) is 13.6. The summed E-state index contributed by atoms with van der Waals surface area (Å²) >= 11 is 0. The van der Waals surface area contributed by atoms with Crippen molar-refractivity contribution >= 4 is 11.9 Å². The van der Waals surface area contributed by atoms with E-state index in [2.05, 4.69) is 0 Å². The van der Waals surface area contributed by atoms with Gasteiger partial charge in [0.1, 0.15) is 0 Å². The number of rotatable bonds is 4. The van der Waals surface area contributed by atoms with Gasteiger partial charge in [0.25, 0.3) is 0 Å². The number of aliphatic carboxylic acids is 2. The molecule has 2 N–H and O–H groups in total. The Hall–Kier alpha value is -1.06. The van der Waals surface area contributed by atoms with Gasteiger partial charge in [-0.05, 0) is 74.0 Å². The topological polar surface area (TPSA) is 74.6 Å². The maximum atomic E-state index is 12.2. The first-order valence-corrected chi connectivity index (χ1v) is 8.50. The Kier molecular flexibility index (Phi) is 2.89. The van der Waals surface area contributed by atoms with Crippen LogP contribution in [0.5, 0.6) is 0 Å². The molecule has 4 nitrogen and oxygen atoms in total. The SMILES string of the molecule is O=C(O)C(C(=O)O)(C1CC2CCC1C2)C1CC2CCC1C2. The highest BCUT2D eigenvalue weighted by molar-refractivity contribution is 5.99. The Morgan fingerprint density at radius 2 is 1.14 bits per heavy atom.